The molecule has 0 unspecified atom stereocenters. The number of benzene rings is 1. The highest BCUT2D eigenvalue weighted by Crippen LogP contribution is 2.31. The van der Waals surface area contributed by atoms with E-state index in [0.717, 1.165) is 28.2 Å². The number of allylic oxidation sites excluding steroid dienone is 1. The number of carbonyl (C=O) groups excluding carboxylic acids is 1. The first-order valence-electron chi connectivity index (χ1n) is 8.99. The number of aryl methyl sites for hydroxylation is 3. The lowest BCUT2D eigenvalue weighted by molar-refractivity contribution is -0.113. The van der Waals surface area contributed by atoms with Crippen LogP contribution in [0.5, 0.6) is 0 Å². The molecule has 2 aromatic heterocycles. The zero-order valence-corrected chi connectivity index (χ0v) is 18.2. The van der Waals surface area contributed by atoms with Crippen LogP contribution in [0.4, 0.5) is 5.69 Å². The quantitative estimate of drug-likeness (QED) is 0.430. The Morgan fingerprint density at radius 2 is 1.93 bits per heavy atom. The van der Waals surface area contributed by atoms with Gasteiger partial charge in [0.15, 0.2) is 11.0 Å². The fourth-order valence-electron chi connectivity index (χ4n) is 3.00. The van der Waals surface area contributed by atoms with Crippen LogP contribution < -0.4 is 5.32 Å². The summed E-state index contributed by atoms with van der Waals surface area (Å²) in [5, 5.41) is 14.5. The van der Waals surface area contributed by atoms with Gasteiger partial charge in [0.25, 0.3) is 0 Å². The smallest absolute Gasteiger partial charge is 0.234 e. The van der Waals surface area contributed by atoms with Crippen LogP contribution in [0.25, 0.3) is 11.4 Å². The average Bonchev–Trinajstić information content (AvgIpc) is 3.16. The number of carbonyl (C=O) groups is 1. The molecule has 5 nitrogen and oxygen atoms in total. The van der Waals surface area contributed by atoms with E-state index >= 15 is 0 Å². The molecule has 1 aromatic carbocycles. The van der Waals surface area contributed by atoms with Crippen molar-refractivity contribution in [2.24, 2.45) is 0 Å². The van der Waals surface area contributed by atoms with Crippen molar-refractivity contribution < 1.29 is 4.79 Å². The summed E-state index contributed by atoms with van der Waals surface area (Å²) in [6.45, 7) is 12.7. The summed E-state index contributed by atoms with van der Waals surface area (Å²) < 4.78 is 2.01. The summed E-state index contributed by atoms with van der Waals surface area (Å²) in [7, 11) is 0. The van der Waals surface area contributed by atoms with Crippen molar-refractivity contribution in [3.8, 4) is 11.4 Å². The van der Waals surface area contributed by atoms with Gasteiger partial charge in [-0.05, 0) is 56.5 Å². The van der Waals surface area contributed by atoms with E-state index in [4.69, 9.17) is 0 Å². The Morgan fingerprint density at radius 1 is 1.21 bits per heavy atom. The largest absolute Gasteiger partial charge is 0.325 e. The topological polar surface area (TPSA) is 59.8 Å². The fraction of sp³-hybridized carbons (Fsp3) is 0.286. The monoisotopic (exact) mass is 412 g/mol. The van der Waals surface area contributed by atoms with Crippen LogP contribution in [-0.4, -0.2) is 26.4 Å². The number of aromatic nitrogens is 3. The number of hydrogen-bond acceptors (Lipinski definition) is 5. The zero-order chi connectivity index (χ0) is 20.3. The van der Waals surface area contributed by atoms with Crippen LogP contribution in [0.3, 0.4) is 0 Å². The SMILES string of the molecule is C=CCn1c(SCC(=O)Nc2cc(C)cc(C)c2)nnc1-c1csc(C)c1C. The number of hydrogen-bond donors (Lipinski definition) is 1. The predicted octanol–water partition coefficient (Wildman–Crippen LogP) is 5.16. The standard InChI is InChI=1S/C21H24N4OS2/c1-6-7-25-20(18-11-27-16(5)15(18)4)23-24-21(25)28-12-19(26)22-17-9-13(2)8-14(3)10-17/h6,8-11H,1,7,12H2,2-5H3,(H,22,26). The molecule has 3 aromatic rings. The van der Waals surface area contributed by atoms with E-state index in [1.54, 1.807) is 11.3 Å². The molecule has 0 aliphatic rings. The number of nitrogens with one attached hydrogen (secondary N) is 1. The summed E-state index contributed by atoms with van der Waals surface area (Å²) in [5.41, 5.74) is 5.37. The number of amides is 1. The number of rotatable bonds is 7. The van der Waals surface area contributed by atoms with Gasteiger partial charge in [0, 0.05) is 28.1 Å². The van der Waals surface area contributed by atoms with E-state index in [1.165, 1.54) is 22.2 Å². The van der Waals surface area contributed by atoms with Gasteiger partial charge in [0.1, 0.15) is 0 Å². The second-order valence-electron chi connectivity index (χ2n) is 6.75. The Hall–Kier alpha value is -2.38. The van der Waals surface area contributed by atoms with E-state index in [9.17, 15) is 4.79 Å². The first kappa shape index (κ1) is 20.4. The van der Waals surface area contributed by atoms with E-state index in [1.807, 2.05) is 36.6 Å². The molecule has 3 rings (SSSR count). The van der Waals surface area contributed by atoms with Crippen molar-refractivity contribution in [2.75, 3.05) is 11.1 Å². The van der Waals surface area contributed by atoms with Gasteiger partial charge < -0.3 is 5.32 Å². The van der Waals surface area contributed by atoms with E-state index < -0.39 is 0 Å². The molecule has 0 radical (unpaired) electrons. The summed E-state index contributed by atoms with van der Waals surface area (Å²) in [6, 6.07) is 6.02. The normalized spacial score (nSPS) is 10.9. The molecule has 0 aliphatic heterocycles. The van der Waals surface area contributed by atoms with E-state index in [2.05, 4.69) is 47.4 Å². The Balaban J connectivity index is 1.74. The highest BCUT2D eigenvalue weighted by Gasteiger charge is 2.18. The molecular formula is C21H24N4OS2. The Morgan fingerprint density at radius 3 is 2.54 bits per heavy atom. The molecule has 0 saturated heterocycles. The van der Waals surface area contributed by atoms with Crippen molar-refractivity contribution >= 4 is 34.7 Å². The second-order valence-corrected chi connectivity index (χ2v) is 8.78. The third kappa shape index (κ3) is 4.54. The number of anilines is 1. The van der Waals surface area contributed by atoms with Crippen molar-refractivity contribution in [1.82, 2.24) is 14.8 Å². The van der Waals surface area contributed by atoms with E-state index in [0.29, 0.717) is 11.7 Å². The van der Waals surface area contributed by atoms with Gasteiger partial charge in [-0.15, -0.1) is 28.1 Å². The Bertz CT molecular complexity index is 999. The molecular weight excluding hydrogens is 388 g/mol. The van der Waals surface area contributed by atoms with Gasteiger partial charge in [0.05, 0.1) is 5.75 Å². The molecule has 2 heterocycles. The molecule has 7 heteroatoms. The summed E-state index contributed by atoms with van der Waals surface area (Å²) in [6.07, 6.45) is 1.82. The minimum absolute atomic E-state index is 0.0627. The summed E-state index contributed by atoms with van der Waals surface area (Å²) in [4.78, 5) is 13.7. The predicted molar refractivity (Wildman–Crippen MR) is 118 cm³/mol. The maximum Gasteiger partial charge on any atom is 0.234 e. The van der Waals surface area contributed by atoms with Gasteiger partial charge in [-0.25, -0.2) is 0 Å². The van der Waals surface area contributed by atoms with Crippen LogP contribution in [0, 0.1) is 27.7 Å². The minimum atomic E-state index is -0.0627. The third-order valence-electron chi connectivity index (χ3n) is 4.39. The summed E-state index contributed by atoms with van der Waals surface area (Å²) in [5.74, 6) is 1.02. The van der Waals surface area contributed by atoms with Crippen molar-refractivity contribution in [2.45, 2.75) is 39.4 Å². The number of nitrogens with zero attached hydrogens (tertiary/aromatic N) is 3. The zero-order valence-electron chi connectivity index (χ0n) is 16.6. The number of thioether (sulfide) groups is 1. The maximum absolute atomic E-state index is 12.4. The minimum Gasteiger partial charge on any atom is -0.325 e. The van der Waals surface area contributed by atoms with Crippen LogP contribution in [0.15, 0.2) is 41.4 Å². The lowest BCUT2D eigenvalue weighted by Crippen LogP contribution is -2.15. The molecule has 0 fully saturated rings. The molecule has 0 spiro atoms. The number of thiophene rings is 1. The van der Waals surface area contributed by atoms with Crippen molar-refractivity contribution in [3.05, 3.63) is 57.8 Å². The fourth-order valence-corrected chi connectivity index (χ4v) is 4.61. The van der Waals surface area contributed by atoms with Crippen LogP contribution in [0.2, 0.25) is 0 Å². The lowest BCUT2D eigenvalue weighted by atomic mass is 10.1. The first-order chi connectivity index (χ1) is 13.4. The van der Waals surface area contributed by atoms with Gasteiger partial charge >= 0.3 is 0 Å². The first-order valence-corrected chi connectivity index (χ1v) is 10.9. The average molecular weight is 413 g/mol. The van der Waals surface area contributed by atoms with Gasteiger partial charge in [-0.2, -0.15) is 0 Å². The van der Waals surface area contributed by atoms with Crippen LogP contribution in [0.1, 0.15) is 21.6 Å². The van der Waals surface area contributed by atoms with Crippen LogP contribution in [-0.2, 0) is 11.3 Å². The second kappa shape index (κ2) is 8.75. The molecule has 1 N–H and O–H groups in total. The Kier molecular flexibility index (Phi) is 6.36. The Labute approximate surface area is 173 Å². The van der Waals surface area contributed by atoms with Gasteiger partial charge in [0.2, 0.25) is 5.91 Å². The molecule has 1 amide bonds. The molecule has 146 valence electrons. The highest BCUT2D eigenvalue weighted by atomic mass is 32.2. The van der Waals surface area contributed by atoms with Crippen LogP contribution >= 0.6 is 23.1 Å². The van der Waals surface area contributed by atoms with Crippen molar-refractivity contribution in [3.63, 3.8) is 0 Å². The molecule has 0 bridgehead atoms. The van der Waals surface area contributed by atoms with E-state index in [-0.39, 0.29) is 11.7 Å². The molecule has 0 aliphatic carbocycles. The van der Waals surface area contributed by atoms with Crippen molar-refractivity contribution in [1.29, 1.82) is 0 Å². The highest BCUT2D eigenvalue weighted by molar-refractivity contribution is 7.99. The molecule has 0 saturated carbocycles. The van der Waals surface area contributed by atoms with Gasteiger partial charge in [-0.3, -0.25) is 9.36 Å². The van der Waals surface area contributed by atoms with Gasteiger partial charge in [-0.1, -0.05) is 23.9 Å². The molecule has 28 heavy (non-hydrogen) atoms. The maximum atomic E-state index is 12.4. The molecule has 0 atom stereocenters. The lowest BCUT2D eigenvalue weighted by Gasteiger charge is -2.09. The third-order valence-corrected chi connectivity index (χ3v) is 6.37. The summed E-state index contributed by atoms with van der Waals surface area (Å²) >= 11 is 3.09.